The Balaban J connectivity index is 2.44. The molecule has 2 unspecified atom stereocenters. The molecule has 1 fully saturated rings. The van der Waals surface area contributed by atoms with Crippen LogP contribution in [0, 0.1) is 11.8 Å². The number of nitrogens with one attached hydrogen (secondary N) is 1. The first-order chi connectivity index (χ1) is 18.1. The highest BCUT2D eigenvalue weighted by Gasteiger charge is 2.32. The summed E-state index contributed by atoms with van der Waals surface area (Å²) in [5.41, 5.74) is 4.08. The normalized spacial score (nSPS) is 19.1. The van der Waals surface area contributed by atoms with Gasteiger partial charge in [0, 0.05) is 23.8 Å². The highest BCUT2D eigenvalue weighted by molar-refractivity contribution is 7.99. The van der Waals surface area contributed by atoms with Crippen LogP contribution in [-0.4, -0.2) is 45.6 Å². The zero-order chi connectivity index (χ0) is 28.3. The predicted molar refractivity (Wildman–Crippen MR) is 158 cm³/mol. The van der Waals surface area contributed by atoms with Crippen molar-refractivity contribution < 1.29 is 24.6 Å². The molecule has 0 heterocycles. The maximum absolute atomic E-state index is 13.0. The van der Waals surface area contributed by atoms with E-state index in [4.69, 9.17) is 5.11 Å². The first-order valence-electron chi connectivity index (χ1n) is 14.4. The monoisotopic (exact) mass is 549 g/mol. The minimum Gasteiger partial charge on any atom is -0.481 e. The molecule has 0 aliphatic heterocycles. The summed E-state index contributed by atoms with van der Waals surface area (Å²) in [6.45, 7) is 8.56. The maximum Gasteiger partial charge on any atom is 0.327 e. The van der Waals surface area contributed by atoms with E-state index in [1.54, 1.807) is 11.8 Å². The third kappa shape index (κ3) is 16.1. The number of aliphatic carboxylic acids is 2. The van der Waals surface area contributed by atoms with Gasteiger partial charge in [-0.1, -0.05) is 60.6 Å². The van der Waals surface area contributed by atoms with Crippen LogP contribution in [0.15, 0.2) is 34.9 Å². The molecule has 38 heavy (non-hydrogen) atoms. The topological polar surface area (TPSA) is 104 Å². The van der Waals surface area contributed by atoms with E-state index in [0.29, 0.717) is 12.2 Å². The molecule has 1 aliphatic rings. The van der Waals surface area contributed by atoms with Crippen LogP contribution in [0.25, 0.3) is 0 Å². The molecule has 7 heteroatoms. The standard InChI is InChI=1S/C31H51NO5S/c1-23(2)12-10-13-24(3)14-11-15-25(4)20-21-38-22-28(31(36)37)32-30(35)27-18-9-8-17-26(27)16-6-5-7-19-29(33)34/h12,14,20,26-28H,5-11,13,15-19,21-22H2,1-4H3,(H,32,35)(H,33,34)(H,36,37)/b24-14+,25-20+/t26?,27?,28-/m0/s1. The summed E-state index contributed by atoms with van der Waals surface area (Å²) in [5, 5.41) is 21.3. The first-order valence-corrected chi connectivity index (χ1v) is 15.5. The number of thioether (sulfide) groups is 1. The molecule has 0 saturated heterocycles. The summed E-state index contributed by atoms with van der Waals surface area (Å²) in [4.78, 5) is 35.6. The van der Waals surface area contributed by atoms with Crippen molar-refractivity contribution in [2.45, 2.75) is 117 Å². The van der Waals surface area contributed by atoms with Crippen molar-refractivity contribution in [1.29, 1.82) is 0 Å². The van der Waals surface area contributed by atoms with Crippen molar-refractivity contribution in [3.8, 4) is 0 Å². The quantitative estimate of drug-likeness (QED) is 0.113. The molecule has 6 nitrogen and oxygen atoms in total. The second-order valence-corrected chi connectivity index (χ2v) is 12.1. The van der Waals surface area contributed by atoms with Crippen molar-refractivity contribution in [3.63, 3.8) is 0 Å². The number of amides is 1. The van der Waals surface area contributed by atoms with Crippen molar-refractivity contribution in [2.75, 3.05) is 11.5 Å². The van der Waals surface area contributed by atoms with Gasteiger partial charge in [-0.2, -0.15) is 11.8 Å². The van der Waals surface area contributed by atoms with Crippen molar-refractivity contribution in [1.82, 2.24) is 5.32 Å². The molecule has 0 aromatic carbocycles. The number of carboxylic acids is 2. The van der Waals surface area contributed by atoms with Crippen molar-refractivity contribution in [2.24, 2.45) is 11.8 Å². The van der Waals surface area contributed by atoms with Crippen LogP contribution in [0.1, 0.15) is 111 Å². The van der Waals surface area contributed by atoms with Crippen LogP contribution in [-0.2, 0) is 14.4 Å². The summed E-state index contributed by atoms with van der Waals surface area (Å²) in [6.07, 6.45) is 18.4. The fourth-order valence-electron chi connectivity index (χ4n) is 4.94. The fourth-order valence-corrected chi connectivity index (χ4v) is 5.94. The number of hydrogen-bond acceptors (Lipinski definition) is 4. The second-order valence-electron chi connectivity index (χ2n) is 11.0. The summed E-state index contributed by atoms with van der Waals surface area (Å²) in [6, 6.07) is -0.884. The van der Waals surface area contributed by atoms with Gasteiger partial charge in [0.1, 0.15) is 6.04 Å². The number of carbonyl (C=O) groups is 3. The number of carboxylic acid groups (broad SMARTS) is 2. The van der Waals surface area contributed by atoms with E-state index in [1.165, 1.54) is 16.7 Å². The molecule has 1 aliphatic carbocycles. The minimum absolute atomic E-state index is 0.133. The Morgan fingerprint density at radius 3 is 2.18 bits per heavy atom. The molecule has 1 saturated carbocycles. The zero-order valence-electron chi connectivity index (χ0n) is 24.1. The summed E-state index contributed by atoms with van der Waals surface area (Å²) in [5.74, 6) is -0.690. The molecule has 0 spiro atoms. The number of carbonyl (C=O) groups excluding carboxylic acids is 1. The Hall–Kier alpha value is -2.02. The van der Waals surface area contributed by atoms with Gasteiger partial charge < -0.3 is 15.5 Å². The van der Waals surface area contributed by atoms with E-state index in [9.17, 15) is 19.5 Å². The Kier molecular flexibility index (Phi) is 17.9. The van der Waals surface area contributed by atoms with Gasteiger partial charge in [-0.25, -0.2) is 4.79 Å². The number of allylic oxidation sites excluding steroid dienone is 5. The lowest BCUT2D eigenvalue weighted by molar-refractivity contribution is -0.142. The number of unbranched alkanes of at least 4 members (excludes halogenated alkanes) is 2. The van der Waals surface area contributed by atoms with Gasteiger partial charge in [-0.05, 0) is 85.0 Å². The highest BCUT2D eigenvalue weighted by atomic mass is 32.2. The van der Waals surface area contributed by atoms with Crippen LogP contribution in [0.4, 0.5) is 0 Å². The average Bonchev–Trinajstić information content (AvgIpc) is 2.85. The molecular weight excluding hydrogens is 498 g/mol. The molecular formula is C31H51NO5S. The molecule has 3 N–H and O–H groups in total. The highest BCUT2D eigenvalue weighted by Crippen LogP contribution is 2.34. The number of rotatable bonds is 19. The largest absolute Gasteiger partial charge is 0.481 e. The Labute approximate surface area is 234 Å². The Morgan fingerprint density at radius 2 is 1.53 bits per heavy atom. The predicted octanol–water partition coefficient (Wildman–Crippen LogP) is 7.55. The van der Waals surface area contributed by atoms with Gasteiger partial charge in [0.15, 0.2) is 0 Å². The molecule has 1 amide bonds. The van der Waals surface area contributed by atoms with Gasteiger partial charge in [-0.3, -0.25) is 9.59 Å². The van der Waals surface area contributed by atoms with Crippen LogP contribution >= 0.6 is 11.8 Å². The van der Waals surface area contributed by atoms with Gasteiger partial charge in [0.05, 0.1) is 0 Å². The van der Waals surface area contributed by atoms with E-state index in [1.807, 2.05) is 0 Å². The van der Waals surface area contributed by atoms with E-state index < -0.39 is 18.0 Å². The summed E-state index contributed by atoms with van der Waals surface area (Å²) in [7, 11) is 0. The number of hydrogen-bond donors (Lipinski definition) is 3. The SMILES string of the molecule is CC(C)=CCC/C(C)=C/CC/C(C)=C/CSC[C@H](NC(=O)C1CCCCC1CCCCCC(=O)O)C(=O)O. The fraction of sp³-hybridized carbons (Fsp3) is 0.710. The van der Waals surface area contributed by atoms with Gasteiger partial charge in [-0.15, -0.1) is 0 Å². The van der Waals surface area contributed by atoms with E-state index >= 15 is 0 Å². The molecule has 1 rings (SSSR count). The average molecular weight is 550 g/mol. The van der Waals surface area contributed by atoms with Crippen LogP contribution in [0.2, 0.25) is 0 Å². The van der Waals surface area contributed by atoms with Crippen molar-refractivity contribution >= 4 is 29.6 Å². The molecule has 0 aromatic heterocycles. The van der Waals surface area contributed by atoms with Crippen molar-refractivity contribution in [3.05, 3.63) is 34.9 Å². The van der Waals surface area contributed by atoms with Crippen LogP contribution in [0.3, 0.4) is 0 Å². The van der Waals surface area contributed by atoms with E-state index in [2.05, 4.69) is 51.2 Å². The Morgan fingerprint density at radius 1 is 0.868 bits per heavy atom. The summed E-state index contributed by atoms with van der Waals surface area (Å²) < 4.78 is 0. The smallest absolute Gasteiger partial charge is 0.327 e. The molecule has 216 valence electrons. The zero-order valence-corrected chi connectivity index (χ0v) is 24.9. The summed E-state index contributed by atoms with van der Waals surface area (Å²) >= 11 is 1.54. The molecule has 3 atom stereocenters. The third-order valence-corrected chi connectivity index (χ3v) is 8.25. The minimum atomic E-state index is -0.985. The van der Waals surface area contributed by atoms with E-state index in [-0.39, 0.29) is 24.2 Å². The lowest BCUT2D eigenvalue weighted by atomic mass is 9.76. The van der Waals surface area contributed by atoms with E-state index in [0.717, 1.165) is 76.4 Å². The van der Waals surface area contributed by atoms with Gasteiger partial charge in [0.2, 0.25) is 5.91 Å². The second kappa shape index (κ2) is 20.0. The lowest BCUT2D eigenvalue weighted by Crippen LogP contribution is -2.47. The molecule has 0 bridgehead atoms. The Bertz CT molecular complexity index is 828. The molecule has 0 radical (unpaired) electrons. The lowest BCUT2D eigenvalue weighted by Gasteiger charge is -2.31. The molecule has 0 aromatic rings. The van der Waals surface area contributed by atoms with Gasteiger partial charge >= 0.3 is 11.9 Å². The maximum atomic E-state index is 13.0. The van der Waals surface area contributed by atoms with Gasteiger partial charge in [0.25, 0.3) is 0 Å². The van der Waals surface area contributed by atoms with Crippen LogP contribution < -0.4 is 5.32 Å². The van der Waals surface area contributed by atoms with Crippen LogP contribution in [0.5, 0.6) is 0 Å². The third-order valence-electron chi connectivity index (χ3n) is 7.28. The first kappa shape index (κ1) is 34.0.